The largest absolute Gasteiger partial charge is 0.388 e. The van der Waals surface area contributed by atoms with Crippen LogP contribution in [-0.2, 0) is 0 Å². The molecule has 0 saturated carbocycles. The first-order valence-electron chi connectivity index (χ1n) is 7.20. The maximum Gasteiger partial charge on any atom is 0.180 e. The summed E-state index contributed by atoms with van der Waals surface area (Å²) in [5.41, 5.74) is 2.14. The zero-order valence-electron chi connectivity index (χ0n) is 12.7. The third-order valence-electron chi connectivity index (χ3n) is 4.01. The van der Waals surface area contributed by atoms with Gasteiger partial charge in [-0.05, 0) is 39.3 Å². The van der Waals surface area contributed by atoms with Crippen LogP contribution in [0.25, 0.3) is 11.5 Å². The van der Waals surface area contributed by atoms with E-state index < -0.39 is 5.60 Å². The molecule has 0 amide bonds. The summed E-state index contributed by atoms with van der Waals surface area (Å²) in [6, 6.07) is 5.72. The molecule has 3 heterocycles. The van der Waals surface area contributed by atoms with Gasteiger partial charge < -0.3 is 10.0 Å². The lowest BCUT2D eigenvalue weighted by atomic mass is 10.1. The summed E-state index contributed by atoms with van der Waals surface area (Å²) in [7, 11) is 0. The zero-order chi connectivity index (χ0) is 15.0. The van der Waals surface area contributed by atoms with Crippen LogP contribution >= 0.6 is 0 Å². The number of anilines is 1. The van der Waals surface area contributed by atoms with Gasteiger partial charge in [0.15, 0.2) is 5.82 Å². The Labute approximate surface area is 124 Å². The molecule has 1 N–H and O–H groups in total. The summed E-state index contributed by atoms with van der Waals surface area (Å²) in [6.07, 6.45) is 2.50. The second kappa shape index (κ2) is 5.07. The standard InChI is InChI=1S/C16H20N4O/c1-11-12(2)18-14(13-6-4-5-8-17-13)19-15(11)20-9-7-16(3,21)10-20/h4-6,8,21H,7,9-10H2,1-3H3. The van der Waals surface area contributed by atoms with E-state index in [1.807, 2.05) is 39.0 Å². The number of β-amino-alcohol motifs (C(OH)–C–C–N with tert-alkyl or cyclic N) is 1. The van der Waals surface area contributed by atoms with E-state index in [0.717, 1.165) is 35.7 Å². The number of hydrogen-bond donors (Lipinski definition) is 1. The van der Waals surface area contributed by atoms with E-state index in [0.29, 0.717) is 12.4 Å². The molecule has 1 aliphatic heterocycles. The van der Waals surface area contributed by atoms with Gasteiger partial charge >= 0.3 is 0 Å². The Kier molecular flexibility index (Phi) is 3.37. The smallest absolute Gasteiger partial charge is 0.180 e. The molecule has 1 fully saturated rings. The number of hydrogen-bond acceptors (Lipinski definition) is 5. The fraction of sp³-hybridized carbons (Fsp3) is 0.438. The van der Waals surface area contributed by atoms with Crippen molar-refractivity contribution in [3.8, 4) is 11.5 Å². The molecule has 5 nitrogen and oxygen atoms in total. The molecule has 0 bridgehead atoms. The second-order valence-electron chi connectivity index (χ2n) is 5.96. The summed E-state index contributed by atoms with van der Waals surface area (Å²) in [4.78, 5) is 15.7. The maximum absolute atomic E-state index is 10.2. The average molecular weight is 284 g/mol. The first kappa shape index (κ1) is 13.9. The van der Waals surface area contributed by atoms with Crippen LogP contribution in [0.5, 0.6) is 0 Å². The van der Waals surface area contributed by atoms with Crippen LogP contribution in [0, 0.1) is 13.8 Å². The molecule has 5 heteroatoms. The molecular weight excluding hydrogens is 264 g/mol. The molecule has 1 atom stereocenters. The third kappa shape index (κ3) is 2.74. The minimum absolute atomic E-state index is 0.603. The minimum atomic E-state index is -0.642. The van der Waals surface area contributed by atoms with Crippen molar-refractivity contribution in [2.45, 2.75) is 32.8 Å². The van der Waals surface area contributed by atoms with E-state index in [4.69, 9.17) is 4.98 Å². The van der Waals surface area contributed by atoms with Crippen molar-refractivity contribution < 1.29 is 5.11 Å². The maximum atomic E-state index is 10.2. The Morgan fingerprint density at radius 3 is 2.67 bits per heavy atom. The zero-order valence-corrected chi connectivity index (χ0v) is 12.7. The topological polar surface area (TPSA) is 62.1 Å². The minimum Gasteiger partial charge on any atom is -0.388 e. The fourth-order valence-electron chi connectivity index (χ4n) is 2.66. The molecule has 1 saturated heterocycles. The Balaban J connectivity index is 2.03. The van der Waals surface area contributed by atoms with E-state index in [-0.39, 0.29) is 0 Å². The predicted octanol–water partition coefficient (Wildman–Crippen LogP) is 2.12. The Hall–Kier alpha value is -2.01. The van der Waals surface area contributed by atoms with Crippen LogP contribution in [0.15, 0.2) is 24.4 Å². The quantitative estimate of drug-likeness (QED) is 0.915. The number of rotatable bonds is 2. The summed E-state index contributed by atoms with van der Waals surface area (Å²) in [5.74, 6) is 1.54. The van der Waals surface area contributed by atoms with Gasteiger partial charge in [-0.3, -0.25) is 4.98 Å². The number of nitrogens with zero attached hydrogens (tertiary/aromatic N) is 4. The fourth-order valence-corrected chi connectivity index (χ4v) is 2.66. The third-order valence-corrected chi connectivity index (χ3v) is 4.01. The van der Waals surface area contributed by atoms with Crippen LogP contribution in [0.1, 0.15) is 24.6 Å². The van der Waals surface area contributed by atoms with Crippen LogP contribution in [0.2, 0.25) is 0 Å². The lowest BCUT2D eigenvalue weighted by Gasteiger charge is -2.22. The number of pyridine rings is 1. The molecule has 2 aromatic heterocycles. The van der Waals surface area contributed by atoms with Crippen molar-refractivity contribution in [1.29, 1.82) is 0 Å². The number of aliphatic hydroxyl groups is 1. The van der Waals surface area contributed by atoms with E-state index in [2.05, 4.69) is 14.9 Å². The Morgan fingerprint density at radius 1 is 1.24 bits per heavy atom. The molecule has 1 unspecified atom stereocenters. The SMILES string of the molecule is Cc1nc(-c2ccccn2)nc(N2CCC(C)(O)C2)c1C. The first-order chi connectivity index (χ1) is 9.96. The van der Waals surface area contributed by atoms with Crippen molar-refractivity contribution in [3.05, 3.63) is 35.7 Å². The van der Waals surface area contributed by atoms with Gasteiger partial charge in [-0.2, -0.15) is 0 Å². The molecule has 1 aliphatic rings. The van der Waals surface area contributed by atoms with E-state index in [1.165, 1.54) is 0 Å². The normalized spacial score (nSPS) is 21.8. The molecule has 0 aliphatic carbocycles. The van der Waals surface area contributed by atoms with Gasteiger partial charge in [-0.25, -0.2) is 9.97 Å². The van der Waals surface area contributed by atoms with Gasteiger partial charge in [-0.1, -0.05) is 6.07 Å². The highest BCUT2D eigenvalue weighted by Gasteiger charge is 2.33. The van der Waals surface area contributed by atoms with Gasteiger partial charge in [0, 0.05) is 30.5 Å². The molecule has 21 heavy (non-hydrogen) atoms. The molecule has 110 valence electrons. The second-order valence-corrected chi connectivity index (χ2v) is 5.96. The van der Waals surface area contributed by atoms with Crippen molar-refractivity contribution in [2.75, 3.05) is 18.0 Å². The molecule has 2 aromatic rings. The van der Waals surface area contributed by atoms with Gasteiger partial charge in [0.05, 0.1) is 5.60 Å². The van der Waals surface area contributed by atoms with Crippen molar-refractivity contribution >= 4 is 5.82 Å². The Bertz CT molecular complexity index is 655. The van der Waals surface area contributed by atoms with Gasteiger partial charge in [0.25, 0.3) is 0 Å². The van der Waals surface area contributed by atoms with Gasteiger partial charge in [0.1, 0.15) is 11.5 Å². The lowest BCUT2D eigenvalue weighted by Crippen LogP contribution is -2.30. The van der Waals surface area contributed by atoms with Crippen LogP contribution in [0.3, 0.4) is 0 Å². The van der Waals surface area contributed by atoms with Crippen molar-refractivity contribution in [1.82, 2.24) is 15.0 Å². The first-order valence-corrected chi connectivity index (χ1v) is 7.20. The molecule has 3 rings (SSSR count). The Morgan fingerprint density at radius 2 is 2.05 bits per heavy atom. The number of aryl methyl sites for hydroxylation is 1. The highest BCUT2D eigenvalue weighted by Crippen LogP contribution is 2.29. The lowest BCUT2D eigenvalue weighted by molar-refractivity contribution is 0.0839. The van der Waals surface area contributed by atoms with Crippen LogP contribution in [0.4, 0.5) is 5.82 Å². The molecule has 0 aromatic carbocycles. The monoisotopic (exact) mass is 284 g/mol. The van der Waals surface area contributed by atoms with E-state index in [9.17, 15) is 5.11 Å². The molecule has 0 radical (unpaired) electrons. The van der Waals surface area contributed by atoms with Crippen molar-refractivity contribution in [2.24, 2.45) is 0 Å². The summed E-state index contributed by atoms with van der Waals surface area (Å²) in [5, 5.41) is 10.2. The van der Waals surface area contributed by atoms with Crippen LogP contribution in [-0.4, -0.2) is 38.7 Å². The van der Waals surface area contributed by atoms with Crippen molar-refractivity contribution in [3.63, 3.8) is 0 Å². The van der Waals surface area contributed by atoms with Gasteiger partial charge in [-0.15, -0.1) is 0 Å². The summed E-state index contributed by atoms with van der Waals surface area (Å²) < 4.78 is 0. The van der Waals surface area contributed by atoms with Crippen LogP contribution < -0.4 is 4.90 Å². The highest BCUT2D eigenvalue weighted by atomic mass is 16.3. The predicted molar refractivity (Wildman–Crippen MR) is 82.2 cm³/mol. The van der Waals surface area contributed by atoms with Gasteiger partial charge in [0.2, 0.25) is 0 Å². The van der Waals surface area contributed by atoms with E-state index in [1.54, 1.807) is 6.20 Å². The molecular formula is C16H20N4O. The molecule has 0 spiro atoms. The average Bonchev–Trinajstić information content (AvgIpc) is 2.83. The highest BCUT2D eigenvalue weighted by molar-refractivity contribution is 5.57. The summed E-state index contributed by atoms with van der Waals surface area (Å²) in [6.45, 7) is 7.30. The van der Waals surface area contributed by atoms with E-state index >= 15 is 0 Å². The number of aromatic nitrogens is 3. The summed E-state index contributed by atoms with van der Waals surface area (Å²) >= 11 is 0.